The molecule has 1 N–H and O–H groups in total. The number of fused-ring (bicyclic) bond motifs is 2. The molecule has 0 atom stereocenters. The van der Waals surface area contributed by atoms with Crippen molar-refractivity contribution < 1.29 is 0 Å². The Hall–Kier alpha value is -2.55. The third-order valence-electron chi connectivity index (χ3n) is 4.55. The Morgan fingerprint density at radius 1 is 1.00 bits per heavy atom. The molecule has 0 radical (unpaired) electrons. The predicted octanol–water partition coefficient (Wildman–Crippen LogP) is 4.53. The number of para-hydroxylation sites is 1. The van der Waals surface area contributed by atoms with Crippen molar-refractivity contribution in [3.8, 4) is 0 Å². The van der Waals surface area contributed by atoms with Gasteiger partial charge in [-0.05, 0) is 49.1 Å². The Kier molecular flexibility index (Phi) is 3.41. The Morgan fingerprint density at radius 3 is 2.74 bits per heavy atom. The topological polar surface area (TPSA) is 28.2 Å². The molecule has 3 heteroatoms. The molecular weight excluding hydrogens is 282 g/mol. The Bertz CT molecular complexity index is 868. The van der Waals surface area contributed by atoms with Crippen LogP contribution >= 0.6 is 0 Å². The lowest BCUT2D eigenvalue weighted by molar-refractivity contribution is 0.901. The molecule has 0 aliphatic heterocycles. The number of benzene rings is 2. The van der Waals surface area contributed by atoms with Crippen LogP contribution in [0.4, 0.5) is 17.1 Å². The summed E-state index contributed by atoms with van der Waals surface area (Å²) in [6.45, 7) is 0. The molecule has 1 heterocycles. The zero-order chi connectivity index (χ0) is 15.8. The lowest BCUT2D eigenvalue weighted by Gasteiger charge is -2.17. The highest BCUT2D eigenvalue weighted by Gasteiger charge is 2.19. The highest BCUT2D eigenvalue weighted by molar-refractivity contribution is 5.95. The van der Waals surface area contributed by atoms with E-state index in [2.05, 4.69) is 72.8 Å². The standard InChI is InChI=1S/C20H21N3/c1-23(2)15-8-5-7-14(13-15)21-20-16-9-3-4-11-18(16)22-19-12-6-10-17(19)20/h3-5,7-9,11,13H,6,10,12H2,1-2H3,(H,21,22). The molecule has 1 aliphatic rings. The van der Waals surface area contributed by atoms with E-state index in [1.807, 2.05) is 0 Å². The SMILES string of the molecule is CN(C)c1cccc(Nc2c3c(nc4ccccc24)CCC3)c1. The fourth-order valence-corrected chi connectivity index (χ4v) is 3.36. The monoisotopic (exact) mass is 303 g/mol. The molecule has 0 unspecified atom stereocenters. The number of pyridine rings is 1. The summed E-state index contributed by atoms with van der Waals surface area (Å²) in [6, 6.07) is 17.0. The molecular formula is C20H21N3. The van der Waals surface area contributed by atoms with Gasteiger partial charge < -0.3 is 10.2 Å². The number of aryl methyl sites for hydroxylation is 1. The first kappa shape index (κ1) is 14.1. The first-order chi connectivity index (χ1) is 11.2. The van der Waals surface area contributed by atoms with Crippen molar-refractivity contribution in [3.05, 3.63) is 59.8 Å². The minimum Gasteiger partial charge on any atom is -0.378 e. The molecule has 0 saturated heterocycles. The van der Waals surface area contributed by atoms with Gasteiger partial charge in [-0.15, -0.1) is 0 Å². The maximum absolute atomic E-state index is 4.86. The van der Waals surface area contributed by atoms with E-state index in [0.717, 1.165) is 24.0 Å². The highest BCUT2D eigenvalue weighted by atomic mass is 15.1. The first-order valence-electron chi connectivity index (χ1n) is 8.17. The van der Waals surface area contributed by atoms with E-state index < -0.39 is 0 Å². The summed E-state index contributed by atoms with van der Waals surface area (Å²) in [4.78, 5) is 6.98. The number of rotatable bonds is 3. The van der Waals surface area contributed by atoms with E-state index in [1.165, 1.54) is 34.4 Å². The molecule has 0 bridgehead atoms. The molecule has 0 saturated carbocycles. The summed E-state index contributed by atoms with van der Waals surface area (Å²) < 4.78 is 0. The molecule has 23 heavy (non-hydrogen) atoms. The van der Waals surface area contributed by atoms with Crippen molar-refractivity contribution in [2.45, 2.75) is 19.3 Å². The quantitative estimate of drug-likeness (QED) is 0.770. The highest BCUT2D eigenvalue weighted by Crippen LogP contribution is 2.36. The van der Waals surface area contributed by atoms with Crippen LogP contribution in [0.1, 0.15) is 17.7 Å². The van der Waals surface area contributed by atoms with Crippen LogP contribution < -0.4 is 10.2 Å². The van der Waals surface area contributed by atoms with Gasteiger partial charge in [-0.2, -0.15) is 0 Å². The molecule has 0 spiro atoms. The summed E-state index contributed by atoms with van der Waals surface area (Å²) in [6.07, 6.45) is 3.40. The van der Waals surface area contributed by atoms with Crippen LogP contribution in [0.5, 0.6) is 0 Å². The number of hydrogen-bond acceptors (Lipinski definition) is 3. The first-order valence-corrected chi connectivity index (χ1v) is 8.17. The molecule has 2 aromatic carbocycles. The predicted molar refractivity (Wildman–Crippen MR) is 97.8 cm³/mol. The van der Waals surface area contributed by atoms with E-state index in [1.54, 1.807) is 0 Å². The van der Waals surface area contributed by atoms with E-state index >= 15 is 0 Å². The van der Waals surface area contributed by atoms with Crippen molar-refractivity contribution >= 4 is 28.0 Å². The zero-order valence-electron chi connectivity index (χ0n) is 13.6. The summed E-state index contributed by atoms with van der Waals surface area (Å²) in [5.41, 5.74) is 7.29. The van der Waals surface area contributed by atoms with Crippen LogP contribution in [0.3, 0.4) is 0 Å². The second-order valence-corrected chi connectivity index (χ2v) is 6.35. The van der Waals surface area contributed by atoms with Crippen molar-refractivity contribution in [1.29, 1.82) is 0 Å². The summed E-state index contributed by atoms with van der Waals surface area (Å²) >= 11 is 0. The van der Waals surface area contributed by atoms with Gasteiger partial charge in [0.25, 0.3) is 0 Å². The Balaban J connectivity index is 1.84. The van der Waals surface area contributed by atoms with Gasteiger partial charge in [-0.3, -0.25) is 4.98 Å². The lowest BCUT2D eigenvalue weighted by atomic mass is 10.1. The molecule has 1 aliphatic carbocycles. The molecule has 3 nitrogen and oxygen atoms in total. The van der Waals surface area contributed by atoms with E-state index in [4.69, 9.17) is 4.98 Å². The summed E-state index contributed by atoms with van der Waals surface area (Å²) in [5, 5.41) is 4.89. The van der Waals surface area contributed by atoms with Crippen LogP contribution in [0.25, 0.3) is 10.9 Å². The largest absolute Gasteiger partial charge is 0.378 e. The average Bonchev–Trinajstić information content (AvgIpc) is 3.03. The minimum atomic E-state index is 1.08. The molecule has 4 rings (SSSR count). The van der Waals surface area contributed by atoms with E-state index in [9.17, 15) is 0 Å². The molecule has 0 amide bonds. The number of nitrogens with one attached hydrogen (secondary N) is 1. The van der Waals surface area contributed by atoms with Crippen molar-refractivity contribution in [3.63, 3.8) is 0 Å². The van der Waals surface area contributed by atoms with Gasteiger partial charge in [0, 0.05) is 36.6 Å². The van der Waals surface area contributed by atoms with Gasteiger partial charge in [-0.25, -0.2) is 0 Å². The molecule has 0 fully saturated rings. The second kappa shape index (κ2) is 5.58. The number of aromatic nitrogens is 1. The van der Waals surface area contributed by atoms with Crippen LogP contribution in [0, 0.1) is 0 Å². The van der Waals surface area contributed by atoms with Gasteiger partial charge in [0.1, 0.15) is 0 Å². The van der Waals surface area contributed by atoms with E-state index in [0.29, 0.717) is 0 Å². The Morgan fingerprint density at radius 2 is 1.87 bits per heavy atom. The minimum absolute atomic E-state index is 1.08. The molecule has 1 aromatic heterocycles. The van der Waals surface area contributed by atoms with Gasteiger partial charge in [0.05, 0.1) is 11.2 Å². The van der Waals surface area contributed by atoms with Crippen molar-refractivity contribution in [2.24, 2.45) is 0 Å². The third kappa shape index (κ3) is 2.52. The fraction of sp³-hybridized carbons (Fsp3) is 0.250. The third-order valence-corrected chi connectivity index (χ3v) is 4.55. The normalized spacial score (nSPS) is 13.1. The summed E-state index contributed by atoms with van der Waals surface area (Å²) in [7, 11) is 4.14. The maximum Gasteiger partial charge on any atom is 0.0726 e. The van der Waals surface area contributed by atoms with Gasteiger partial charge in [0.15, 0.2) is 0 Å². The zero-order valence-corrected chi connectivity index (χ0v) is 13.6. The van der Waals surface area contributed by atoms with Crippen LogP contribution in [-0.2, 0) is 12.8 Å². The molecule has 116 valence electrons. The van der Waals surface area contributed by atoms with Crippen LogP contribution in [0.15, 0.2) is 48.5 Å². The maximum atomic E-state index is 4.86. The Labute approximate surface area is 137 Å². The average molecular weight is 303 g/mol. The smallest absolute Gasteiger partial charge is 0.0726 e. The van der Waals surface area contributed by atoms with Crippen LogP contribution in [-0.4, -0.2) is 19.1 Å². The van der Waals surface area contributed by atoms with Crippen molar-refractivity contribution in [1.82, 2.24) is 4.98 Å². The van der Waals surface area contributed by atoms with Gasteiger partial charge in [-0.1, -0.05) is 24.3 Å². The number of nitrogens with zero attached hydrogens (tertiary/aromatic N) is 2. The van der Waals surface area contributed by atoms with E-state index in [-0.39, 0.29) is 0 Å². The molecule has 3 aromatic rings. The van der Waals surface area contributed by atoms with Crippen molar-refractivity contribution in [2.75, 3.05) is 24.3 Å². The van der Waals surface area contributed by atoms with Gasteiger partial charge >= 0.3 is 0 Å². The fourth-order valence-electron chi connectivity index (χ4n) is 3.36. The number of hydrogen-bond donors (Lipinski definition) is 1. The lowest BCUT2D eigenvalue weighted by Crippen LogP contribution is -2.08. The summed E-state index contributed by atoms with van der Waals surface area (Å²) in [5.74, 6) is 0. The van der Waals surface area contributed by atoms with Crippen LogP contribution in [0.2, 0.25) is 0 Å². The number of anilines is 3. The second-order valence-electron chi connectivity index (χ2n) is 6.35. The van der Waals surface area contributed by atoms with Gasteiger partial charge in [0.2, 0.25) is 0 Å².